The van der Waals surface area contributed by atoms with E-state index in [0.29, 0.717) is 55.1 Å². The van der Waals surface area contributed by atoms with Crippen molar-refractivity contribution in [3.8, 4) is 11.5 Å². The van der Waals surface area contributed by atoms with Gasteiger partial charge in [-0.3, -0.25) is 14.1 Å². The molecule has 2 heterocycles. The molecule has 3 aromatic carbocycles. The first kappa shape index (κ1) is 27.7. The number of carbonyl (C=O) groups is 2. The average Bonchev–Trinajstić information content (AvgIpc) is 3.27. The summed E-state index contributed by atoms with van der Waals surface area (Å²) in [6, 6.07) is 15.4. The number of nitrogens with zero attached hydrogens (tertiary/aromatic N) is 1. The van der Waals surface area contributed by atoms with Crippen molar-refractivity contribution >= 4 is 39.3 Å². The lowest BCUT2D eigenvalue weighted by atomic mass is 9.97. The highest BCUT2D eigenvalue weighted by atomic mass is 32.1. The van der Waals surface area contributed by atoms with Crippen LogP contribution in [0.3, 0.4) is 0 Å². The Morgan fingerprint density at radius 1 is 1.02 bits per heavy atom. The second kappa shape index (κ2) is 11.7. The minimum atomic E-state index is -0.474. The SMILES string of the molecule is COC(=O)c1ccc2c(Oc3ccc(C=C4CN(CCCF)C4)cc3)c(C(=O)c3c(C)cc(F)cc3C)sc2c1. The maximum Gasteiger partial charge on any atom is 0.337 e. The van der Waals surface area contributed by atoms with E-state index in [4.69, 9.17) is 9.47 Å². The Morgan fingerprint density at radius 3 is 2.38 bits per heavy atom. The van der Waals surface area contributed by atoms with E-state index in [9.17, 15) is 18.4 Å². The Labute approximate surface area is 235 Å². The maximum absolute atomic E-state index is 14.0. The molecular weight excluding hydrogens is 532 g/mol. The summed E-state index contributed by atoms with van der Waals surface area (Å²) in [7, 11) is 1.32. The summed E-state index contributed by atoms with van der Waals surface area (Å²) in [6.07, 6.45) is 2.68. The molecule has 4 aromatic rings. The van der Waals surface area contributed by atoms with Gasteiger partial charge in [0.1, 0.15) is 16.4 Å². The fourth-order valence-electron chi connectivity index (χ4n) is 5.00. The van der Waals surface area contributed by atoms with Crippen LogP contribution in [0.4, 0.5) is 8.78 Å². The van der Waals surface area contributed by atoms with Gasteiger partial charge in [-0.15, -0.1) is 11.3 Å². The molecule has 0 unspecified atom stereocenters. The van der Waals surface area contributed by atoms with Crippen LogP contribution in [0.25, 0.3) is 16.2 Å². The Hall–Kier alpha value is -3.88. The van der Waals surface area contributed by atoms with Gasteiger partial charge in [0.15, 0.2) is 5.75 Å². The topological polar surface area (TPSA) is 55.8 Å². The molecule has 0 spiro atoms. The van der Waals surface area contributed by atoms with Gasteiger partial charge in [0.25, 0.3) is 0 Å². The molecular formula is C32H29F2NO4S. The second-order valence-corrected chi connectivity index (χ2v) is 11.0. The number of hydrogen-bond donors (Lipinski definition) is 0. The van der Waals surface area contributed by atoms with Crippen molar-refractivity contribution in [2.75, 3.05) is 33.4 Å². The van der Waals surface area contributed by atoms with E-state index in [-0.39, 0.29) is 12.5 Å². The minimum Gasteiger partial charge on any atom is -0.465 e. The third kappa shape index (κ3) is 5.69. The number of halogens is 2. The molecule has 0 atom stereocenters. The minimum absolute atomic E-state index is 0.269. The van der Waals surface area contributed by atoms with Gasteiger partial charge in [0.2, 0.25) is 5.78 Å². The van der Waals surface area contributed by atoms with Crippen molar-refractivity contribution in [2.24, 2.45) is 0 Å². The molecule has 1 saturated heterocycles. The zero-order valence-corrected chi connectivity index (χ0v) is 23.4. The quantitative estimate of drug-likeness (QED) is 0.156. The van der Waals surface area contributed by atoms with E-state index < -0.39 is 11.8 Å². The van der Waals surface area contributed by atoms with Crippen molar-refractivity contribution in [1.29, 1.82) is 0 Å². The predicted octanol–water partition coefficient (Wildman–Crippen LogP) is 7.53. The van der Waals surface area contributed by atoms with Crippen LogP contribution in [0.5, 0.6) is 11.5 Å². The standard InChI is InChI=1S/C32H29F2NO4S/c1-19-13-24(34)14-20(2)28(19)29(36)31-30(26-10-7-23(32(37)38-3)16-27(26)40-31)39-25-8-5-21(6-9-25)15-22-17-35(18-22)12-4-11-33/h5-10,13-16H,4,11-12,17-18H2,1-3H3. The molecule has 1 aliphatic heterocycles. The third-order valence-electron chi connectivity index (χ3n) is 6.93. The number of alkyl halides is 1. The molecule has 1 fully saturated rings. The van der Waals surface area contributed by atoms with E-state index in [1.807, 2.05) is 24.3 Å². The number of rotatable bonds is 9. The highest BCUT2D eigenvalue weighted by molar-refractivity contribution is 7.21. The van der Waals surface area contributed by atoms with Gasteiger partial charge < -0.3 is 9.47 Å². The Balaban J connectivity index is 1.47. The Bertz CT molecular complexity index is 1590. The zero-order valence-electron chi connectivity index (χ0n) is 22.6. The summed E-state index contributed by atoms with van der Waals surface area (Å²) in [5.41, 5.74) is 4.19. The van der Waals surface area contributed by atoms with Crippen LogP contribution in [0.1, 0.15) is 48.7 Å². The fourth-order valence-corrected chi connectivity index (χ4v) is 6.11. The van der Waals surface area contributed by atoms with Crippen molar-refractivity contribution in [2.45, 2.75) is 20.3 Å². The lowest BCUT2D eigenvalue weighted by Gasteiger charge is -2.33. The Morgan fingerprint density at radius 2 is 1.73 bits per heavy atom. The molecule has 1 aliphatic rings. The van der Waals surface area contributed by atoms with E-state index >= 15 is 0 Å². The smallest absolute Gasteiger partial charge is 0.337 e. The third-order valence-corrected chi connectivity index (χ3v) is 8.06. The van der Waals surface area contributed by atoms with Gasteiger partial charge in [-0.05, 0) is 85.0 Å². The summed E-state index contributed by atoms with van der Waals surface area (Å²) in [5.74, 6) is -0.199. The van der Waals surface area contributed by atoms with Gasteiger partial charge in [0, 0.05) is 35.3 Å². The van der Waals surface area contributed by atoms with Crippen molar-refractivity contribution in [1.82, 2.24) is 4.90 Å². The lowest BCUT2D eigenvalue weighted by molar-refractivity contribution is 0.0600. The summed E-state index contributed by atoms with van der Waals surface area (Å²) in [6.45, 7) is 5.60. The molecule has 0 aliphatic carbocycles. The Kier molecular flexibility index (Phi) is 8.09. The number of ketones is 1. The molecule has 206 valence electrons. The summed E-state index contributed by atoms with van der Waals surface area (Å²) >= 11 is 1.22. The first-order valence-corrected chi connectivity index (χ1v) is 13.8. The van der Waals surface area contributed by atoms with E-state index in [0.717, 1.165) is 25.2 Å². The zero-order chi connectivity index (χ0) is 28.4. The van der Waals surface area contributed by atoms with Crippen molar-refractivity contribution in [3.05, 3.63) is 98.7 Å². The molecule has 0 amide bonds. The van der Waals surface area contributed by atoms with E-state index in [1.165, 1.54) is 36.2 Å². The van der Waals surface area contributed by atoms with E-state index in [1.54, 1.807) is 32.0 Å². The first-order chi connectivity index (χ1) is 19.3. The number of thiophene rings is 1. The summed E-state index contributed by atoms with van der Waals surface area (Å²) in [5, 5.41) is 0.687. The van der Waals surface area contributed by atoms with Crippen molar-refractivity contribution < 1.29 is 27.8 Å². The number of methoxy groups -OCH3 is 1. The molecule has 5 rings (SSSR count). The van der Waals surface area contributed by atoms with Gasteiger partial charge in [0.05, 0.1) is 19.3 Å². The van der Waals surface area contributed by atoms with Crippen LogP contribution in [0.2, 0.25) is 0 Å². The van der Waals surface area contributed by atoms with Gasteiger partial charge >= 0.3 is 5.97 Å². The highest BCUT2D eigenvalue weighted by Crippen LogP contribution is 2.42. The molecule has 5 nitrogen and oxygen atoms in total. The number of fused-ring (bicyclic) bond motifs is 1. The van der Waals surface area contributed by atoms with Gasteiger partial charge in [-0.1, -0.05) is 18.2 Å². The van der Waals surface area contributed by atoms with Gasteiger partial charge in [-0.25, -0.2) is 9.18 Å². The van der Waals surface area contributed by atoms with Crippen LogP contribution >= 0.6 is 11.3 Å². The molecule has 1 aromatic heterocycles. The summed E-state index contributed by atoms with van der Waals surface area (Å²) < 4.78 is 38.2. The van der Waals surface area contributed by atoms with Crippen LogP contribution in [-0.4, -0.2) is 50.1 Å². The molecule has 0 saturated carbocycles. The number of esters is 1. The number of likely N-dealkylation sites (tertiary alicyclic amines) is 1. The van der Waals surface area contributed by atoms with Crippen molar-refractivity contribution in [3.63, 3.8) is 0 Å². The van der Waals surface area contributed by atoms with E-state index in [2.05, 4.69) is 11.0 Å². The number of carbonyl (C=O) groups excluding carboxylic acids is 2. The lowest BCUT2D eigenvalue weighted by Crippen LogP contribution is -2.40. The largest absolute Gasteiger partial charge is 0.465 e. The van der Waals surface area contributed by atoms with Crippen LogP contribution in [0.15, 0.2) is 60.2 Å². The second-order valence-electron chi connectivity index (χ2n) is 9.93. The number of ether oxygens (including phenoxy) is 2. The average molecular weight is 562 g/mol. The monoisotopic (exact) mass is 561 g/mol. The maximum atomic E-state index is 14.0. The van der Waals surface area contributed by atoms with Crippen LogP contribution in [-0.2, 0) is 4.74 Å². The van der Waals surface area contributed by atoms with Gasteiger partial charge in [-0.2, -0.15) is 0 Å². The normalized spacial score (nSPS) is 13.3. The van der Waals surface area contributed by atoms with Crippen LogP contribution < -0.4 is 4.74 Å². The van der Waals surface area contributed by atoms with Crippen LogP contribution in [0, 0.1) is 19.7 Å². The number of hydrogen-bond acceptors (Lipinski definition) is 6. The first-order valence-electron chi connectivity index (χ1n) is 13.0. The number of aryl methyl sites for hydroxylation is 2. The molecule has 0 radical (unpaired) electrons. The highest BCUT2D eigenvalue weighted by Gasteiger charge is 2.25. The molecule has 40 heavy (non-hydrogen) atoms. The molecule has 0 N–H and O–H groups in total. The predicted molar refractivity (Wildman–Crippen MR) is 154 cm³/mol. The summed E-state index contributed by atoms with van der Waals surface area (Å²) in [4.78, 5) is 28.6. The number of benzene rings is 3. The fraction of sp³-hybridized carbons (Fsp3) is 0.250. The molecule has 8 heteroatoms. The molecule has 0 bridgehead atoms.